The molecule has 0 aliphatic rings. The number of pyridine rings is 1. The molecule has 0 fully saturated rings. The zero-order valence-corrected chi connectivity index (χ0v) is 12.5. The molecular formula is C15H16N4O3. The highest BCUT2D eigenvalue weighted by molar-refractivity contribution is 6.08. The summed E-state index contributed by atoms with van der Waals surface area (Å²) in [4.78, 5) is 28.6. The van der Waals surface area contributed by atoms with Gasteiger partial charge in [0.15, 0.2) is 0 Å². The van der Waals surface area contributed by atoms with Crippen LogP contribution in [-0.2, 0) is 0 Å². The molecule has 0 aliphatic heterocycles. The van der Waals surface area contributed by atoms with Crippen LogP contribution in [0.3, 0.4) is 0 Å². The van der Waals surface area contributed by atoms with E-state index in [0.29, 0.717) is 11.4 Å². The Morgan fingerprint density at radius 1 is 1.32 bits per heavy atom. The van der Waals surface area contributed by atoms with Gasteiger partial charge in [0.2, 0.25) is 0 Å². The SMILES string of the molecule is Cc1ccncc1NC(=O)c1cc([N+](=O)[O-])ccc1N(C)C. The Hall–Kier alpha value is -2.96. The van der Waals surface area contributed by atoms with Crippen LogP contribution in [0.25, 0.3) is 0 Å². The monoisotopic (exact) mass is 300 g/mol. The van der Waals surface area contributed by atoms with Gasteiger partial charge in [-0.25, -0.2) is 0 Å². The number of aromatic nitrogens is 1. The number of hydrogen-bond donors (Lipinski definition) is 1. The van der Waals surface area contributed by atoms with Crippen LogP contribution in [0.4, 0.5) is 17.1 Å². The Morgan fingerprint density at radius 3 is 2.64 bits per heavy atom. The first-order valence-electron chi connectivity index (χ1n) is 6.58. The fraction of sp³-hybridized carbons (Fsp3) is 0.200. The van der Waals surface area contributed by atoms with Crippen molar-refractivity contribution in [2.45, 2.75) is 6.92 Å². The topological polar surface area (TPSA) is 88.4 Å². The maximum atomic E-state index is 12.5. The Morgan fingerprint density at radius 2 is 2.05 bits per heavy atom. The smallest absolute Gasteiger partial charge is 0.270 e. The third-order valence-corrected chi connectivity index (χ3v) is 3.20. The van der Waals surface area contributed by atoms with Crippen LogP contribution in [0.1, 0.15) is 15.9 Å². The van der Waals surface area contributed by atoms with E-state index in [0.717, 1.165) is 5.56 Å². The lowest BCUT2D eigenvalue weighted by Gasteiger charge is -2.17. The first-order chi connectivity index (χ1) is 10.4. The highest BCUT2D eigenvalue weighted by atomic mass is 16.6. The van der Waals surface area contributed by atoms with E-state index in [1.807, 2.05) is 6.92 Å². The fourth-order valence-electron chi connectivity index (χ4n) is 1.99. The van der Waals surface area contributed by atoms with E-state index in [1.54, 1.807) is 43.5 Å². The van der Waals surface area contributed by atoms with Crippen molar-refractivity contribution in [3.05, 3.63) is 57.9 Å². The van der Waals surface area contributed by atoms with E-state index >= 15 is 0 Å². The van der Waals surface area contributed by atoms with Gasteiger partial charge in [-0.1, -0.05) is 0 Å². The summed E-state index contributed by atoms with van der Waals surface area (Å²) in [5.41, 5.74) is 2.15. The highest BCUT2D eigenvalue weighted by Crippen LogP contribution is 2.25. The molecule has 0 saturated heterocycles. The number of benzene rings is 1. The number of non-ortho nitro benzene ring substituents is 1. The Balaban J connectivity index is 2.41. The van der Waals surface area contributed by atoms with E-state index < -0.39 is 10.8 Å². The standard InChI is InChI=1S/C15H16N4O3/c1-10-6-7-16-9-13(10)17-15(20)12-8-11(19(21)22)4-5-14(12)18(2)3/h4-9H,1-3H3,(H,17,20). The number of anilines is 2. The lowest BCUT2D eigenvalue weighted by molar-refractivity contribution is -0.384. The second-order valence-electron chi connectivity index (χ2n) is 5.00. The van der Waals surface area contributed by atoms with E-state index in [-0.39, 0.29) is 11.3 Å². The molecule has 1 N–H and O–H groups in total. The van der Waals surface area contributed by atoms with E-state index in [2.05, 4.69) is 10.3 Å². The minimum atomic E-state index is -0.522. The van der Waals surface area contributed by atoms with Crippen LogP contribution in [0.2, 0.25) is 0 Å². The molecule has 114 valence electrons. The summed E-state index contributed by atoms with van der Waals surface area (Å²) in [6.07, 6.45) is 3.17. The van der Waals surface area contributed by atoms with E-state index in [1.165, 1.54) is 12.1 Å². The van der Waals surface area contributed by atoms with Crippen molar-refractivity contribution in [3.8, 4) is 0 Å². The lowest BCUT2D eigenvalue weighted by Crippen LogP contribution is -2.19. The Labute approximate surface area is 127 Å². The highest BCUT2D eigenvalue weighted by Gasteiger charge is 2.18. The number of carbonyl (C=O) groups is 1. The number of nitro benzene ring substituents is 1. The Bertz CT molecular complexity index is 728. The second kappa shape index (κ2) is 6.21. The molecule has 2 aromatic rings. The molecule has 0 atom stereocenters. The predicted octanol–water partition coefficient (Wildman–Crippen LogP) is 2.62. The van der Waals surface area contributed by atoms with Gasteiger partial charge in [0.05, 0.1) is 22.4 Å². The Kier molecular flexibility index (Phi) is 4.36. The van der Waals surface area contributed by atoms with Gasteiger partial charge < -0.3 is 10.2 Å². The van der Waals surface area contributed by atoms with E-state index in [4.69, 9.17) is 0 Å². The van der Waals surface area contributed by atoms with Crippen LogP contribution in [0.5, 0.6) is 0 Å². The summed E-state index contributed by atoms with van der Waals surface area (Å²) in [5, 5.41) is 13.7. The maximum Gasteiger partial charge on any atom is 0.270 e. The van der Waals surface area contributed by atoms with Crippen LogP contribution in [0.15, 0.2) is 36.7 Å². The number of amides is 1. The molecule has 7 heteroatoms. The second-order valence-corrected chi connectivity index (χ2v) is 5.00. The molecule has 7 nitrogen and oxygen atoms in total. The number of nitrogens with one attached hydrogen (secondary N) is 1. The summed E-state index contributed by atoms with van der Waals surface area (Å²) in [6.45, 7) is 1.84. The number of nitrogens with zero attached hydrogens (tertiary/aromatic N) is 3. The summed E-state index contributed by atoms with van der Waals surface area (Å²) >= 11 is 0. The van der Waals surface area contributed by atoms with Gasteiger partial charge >= 0.3 is 0 Å². The maximum absolute atomic E-state index is 12.5. The molecule has 0 unspecified atom stereocenters. The van der Waals surface area contributed by atoms with Crippen molar-refractivity contribution in [2.24, 2.45) is 0 Å². The number of nitro groups is 1. The number of aryl methyl sites for hydroxylation is 1. The predicted molar refractivity (Wildman–Crippen MR) is 84.4 cm³/mol. The van der Waals surface area contributed by atoms with Crippen molar-refractivity contribution in [2.75, 3.05) is 24.3 Å². The zero-order valence-electron chi connectivity index (χ0n) is 12.5. The number of rotatable bonds is 4. The third-order valence-electron chi connectivity index (χ3n) is 3.20. The molecule has 1 aromatic heterocycles. The third kappa shape index (κ3) is 3.20. The van der Waals surface area contributed by atoms with Crippen LogP contribution in [-0.4, -0.2) is 29.9 Å². The van der Waals surface area contributed by atoms with Crippen LogP contribution < -0.4 is 10.2 Å². The van der Waals surface area contributed by atoms with Crippen molar-refractivity contribution >= 4 is 23.0 Å². The average molecular weight is 300 g/mol. The molecule has 1 heterocycles. The van der Waals surface area contributed by atoms with Gasteiger partial charge in [-0.05, 0) is 24.6 Å². The lowest BCUT2D eigenvalue weighted by atomic mass is 10.1. The van der Waals surface area contributed by atoms with Gasteiger partial charge in [-0.2, -0.15) is 0 Å². The molecular weight excluding hydrogens is 284 g/mol. The van der Waals surface area contributed by atoms with Crippen molar-refractivity contribution < 1.29 is 9.72 Å². The molecule has 1 amide bonds. The molecule has 0 aliphatic carbocycles. The largest absolute Gasteiger partial charge is 0.377 e. The average Bonchev–Trinajstić information content (AvgIpc) is 2.48. The van der Waals surface area contributed by atoms with Gasteiger partial charge in [0, 0.05) is 38.1 Å². The minimum absolute atomic E-state index is 0.126. The summed E-state index contributed by atoms with van der Waals surface area (Å²) in [6, 6.07) is 5.98. The first-order valence-corrected chi connectivity index (χ1v) is 6.58. The van der Waals surface area contributed by atoms with E-state index in [9.17, 15) is 14.9 Å². The molecule has 22 heavy (non-hydrogen) atoms. The van der Waals surface area contributed by atoms with Crippen LogP contribution in [0, 0.1) is 17.0 Å². The summed E-state index contributed by atoms with van der Waals surface area (Å²) < 4.78 is 0. The molecule has 1 aromatic carbocycles. The number of hydrogen-bond acceptors (Lipinski definition) is 5. The zero-order chi connectivity index (χ0) is 16.3. The molecule has 0 spiro atoms. The van der Waals surface area contributed by atoms with Gasteiger partial charge in [-0.3, -0.25) is 19.9 Å². The van der Waals surface area contributed by atoms with Crippen LogP contribution >= 0.6 is 0 Å². The van der Waals surface area contributed by atoms with Gasteiger partial charge in [-0.15, -0.1) is 0 Å². The normalized spacial score (nSPS) is 10.1. The van der Waals surface area contributed by atoms with Crippen molar-refractivity contribution in [3.63, 3.8) is 0 Å². The number of carbonyl (C=O) groups excluding carboxylic acids is 1. The summed E-state index contributed by atoms with van der Waals surface area (Å²) in [5.74, 6) is -0.413. The molecule has 0 bridgehead atoms. The fourth-order valence-corrected chi connectivity index (χ4v) is 1.99. The van der Waals surface area contributed by atoms with Crippen molar-refractivity contribution in [1.82, 2.24) is 4.98 Å². The minimum Gasteiger partial charge on any atom is -0.377 e. The summed E-state index contributed by atoms with van der Waals surface area (Å²) in [7, 11) is 3.54. The molecule has 0 radical (unpaired) electrons. The van der Waals surface area contributed by atoms with Crippen molar-refractivity contribution in [1.29, 1.82) is 0 Å². The molecule has 2 rings (SSSR count). The first kappa shape index (κ1) is 15.4. The van der Waals surface area contributed by atoms with Gasteiger partial charge in [0.25, 0.3) is 11.6 Å². The molecule has 0 saturated carbocycles. The quantitative estimate of drug-likeness (QED) is 0.692. The van der Waals surface area contributed by atoms with Gasteiger partial charge in [0.1, 0.15) is 0 Å².